The summed E-state index contributed by atoms with van der Waals surface area (Å²) in [6, 6.07) is 17.9. The minimum atomic E-state index is -1.13. The lowest BCUT2D eigenvalue weighted by Gasteiger charge is -2.30. The number of carbonyl (C=O) groups excluding carboxylic acids is 6. The van der Waals surface area contributed by atoms with Crippen LogP contribution in [0.25, 0.3) is 43.4 Å². The second-order valence-electron chi connectivity index (χ2n) is 21.7. The van der Waals surface area contributed by atoms with Crippen molar-refractivity contribution in [1.82, 2.24) is 56.2 Å². The van der Waals surface area contributed by atoms with E-state index in [2.05, 4.69) is 38.4 Å². The number of primary amides is 1. The van der Waals surface area contributed by atoms with E-state index in [1.807, 2.05) is 42.8 Å². The number of nitrogens with two attached hydrogens (primary N) is 1. The van der Waals surface area contributed by atoms with E-state index in [1.54, 1.807) is 53.3 Å². The number of nitrogens with one attached hydrogen (secondary N) is 4. The lowest BCUT2D eigenvalue weighted by molar-refractivity contribution is -0.144. The predicted molar refractivity (Wildman–Crippen MR) is 351 cm³/mol. The number of aromatic nitrogens is 7. The molecule has 1 saturated carbocycles. The van der Waals surface area contributed by atoms with Gasteiger partial charge in [0.15, 0.2) is 5.82 Å². The van der Waals surface area contributed by atoms with Crippen LogP contribution in [0.3, 0.4) is 0 Å². The van der Waals surface area contributed by atoms with Gasteiger partial charge in [-0.15, -0.1) is 68.0 Å². The highest BCUT2D eigenvalue weighted by atomic mass is 32.1. The Labute approximate surface area is 550 Å². The Kier molecular flexibility index (Phi) is 21.2. The standard InChI is InChI=1S/C62H61N13O11S6/c1-30(2)48(59-74-51(43(92-59)25-86-5)53(79)65-24-44(63)76)72-54(80)49-31(3)91-58(73-49)39(23-46(77)64-4)68-52(78)41-27-88-55(70-41)37-20-21-38(67-50(37)40-26-89-57(69-40)42-28-87-47(66-42)22-11-32-9-7-6-8-10-32)56-71-45(29-90-56)75(36-18-16-35(17-19-36)62(84)85)60(81)33-12-14-34(15-13-33)61(82)83/h6-10,16-21,26-30,33-34,39,48H,11-15,22-25H2,1-5H3,(H2,63,76)(H,64,77)(H,65,79)(H,68,78)(H,72,80)(H,82,83)(H,84,85)/t33?,34?,39-,48?/m0/s1. The van der Waals surface area contributed by atoms with Gasteiger partial charge in [0.05, 0.1) is 64.4 Å². The molecule has 0 bridgehead atoms. The number of aromatic carboxylic acids is 1. The molecule has 476 valence electrons. The van der Waals surface area contributed by atoms with E-state index in [1.165, 1.54) is 82.1 Å². The molecule has 10 rings (SSSR count). The molecule has 0 saturated heterocycles. The van der Waals surface area contributed by atoms with E-state index >= 15 is 0 Å². The number of carboxylic acids is 2. The number of carboxylic acid groups (broad SMARTS) is 2. The van der Waals surface area contributed by atoms with Crippen LogP contribution in [-0.2, 0) is 43.4 Å². The first kappa shape index (κ1) is 66.0. The molecule has 92 heavy (non-hydrogen) atoms. The largest absolute Gasteiger partial charge is 0.481 e. The first-order valence-electron chi connectivity index (χ1n) is 28.9. The fourth-order valence-corrected chi connectivity index (χ4v) is 15.6. The van der Waals surface area contributed by atoms with Gasteiger partial charge in [-0.25, -0.2) is 39.7 Å². The molecule has 9 aromatic rings. The van der Waals surface area contributed by atoms with Crippen molar-refractivity contribution in [2.75, 3.05) is 25.6 Å². The first-order chi connectivity index (χ1) is 44.2. The molecule has 0 radical (unpaired) electrons. The van der Waals surface area contributed by atoms with Gasteiger partial charge in [0.1, 0.15) is 59.2 Å². The van der Waals surface area contributed by atoms with Gasteiger partial charge in [-0.2, -0.15) is 0 Å². The summed E-state index contributed by atoms with van der Waals surface area (Å²) in [6.45, 7) is 5.08. The monoisotopic (exact) mass is 1360 g/mol. The molecule has 7 aromatic heterocycles. The van der Waals surface area contributed by atoms with Crippen molar-refractivity contribution in [3.05, 3.63) is 141 Å². The molecule has 0 spiro atoms. The number of rotatable bonds is 26. The van der Waals surface area contributed by atoms with Gasteiger partial charge in [-0.3, -0.25) is 38.5 Å². The van der Waals surface area contributed by atoms with Gasteiger partial charge < -0.3 is 42.0 Å². The first-order valence-corrected chi connectivity index (χ1v) is 34.0. The number of benzene rings is 2. The van der Waals surface area contributed by atoms with Crippen LogP contribution in [0.2, 0.25) is 0 Å². The lowest BCUT2D eigenvalue weighted by atomic mass is 9.81. The number of nitrogens with zero attached hydrogens (tertiary/aromatic N) is 8. The summed E-state index contributed by atoms with van der Waals surface area (Å²) in [5, 5.41) is 40.6. The number of ether oxygens (including phenoxy) is 1. The topological polar surface area (TPSA) is 354 Å². The van der Waals surface area contributed by atoms with Gasteiger partial charge in [0.2, 0.25) is 17.7 Å². The number of hydrogen-bond donors (Lipinski definition) is 7. The number of aliphatic carboxylic acids is 1. The number of hydrogen-bond acceptors (Lipinski definition) is 22. The third-order valence-corrected chi connectivity index (χ3v) is 20.7. The summed E-state index contributed by atoms with van der Waals surface area (Å²) < 4.78 is 5.32. The van der Waals surface area contributed by atoms with Crippen molar-refractivity contribution < 1.29 is 53.3 Å². The van der Waals surface area contributed by atoms with Crippen LogP contribution in [-0.4, -0.2) is 113 Å². The van der Waals surface area contributed by atoms with Crippen molar-refractivity contribution >= 4 is 127 Å². The third kappa shape index (κ3) is 15.5. The van der Waals surface area contributed by atoms with Crippen molar-refractivity contribution in [2.24, 2.45) is 23.5 Å². The average Bonchev–Trinajstić information content (AvgIpc) is 1.57. The van der Waals surface area contributed by atoms with E-state index in [0.29, 0.717) is 89.5 Å². The maximum Gasteiger partial charge on any atom is 0.335 e. The minimum Gasteiger partial charge on any atom is -0.481 e. The van der Waals surface area contributed by atoms with Crippen LogP contribution >= 0.6 is 68.0 Å². The Hall–Kier alpha value is -8.91. The van der Waals surface area contributed by atoms with Crippen LogP contribution in [0, 0.1) is 24.7 Å². The number of amides is 6. The SMILES string of the molecule is CNC(=O)C[C@H](NC(=O)c1csc(-c2ccc(-c3nc(N(C(=O)C4CCC(C(=O)O)CC4)c4ccc(C(=O)O)cc4)cs3)nc2-c2csc(-c3csc(CCc4ccccc4)n3)n2)n1)c1nc(C(=O)NC(c2nc(C(=O)NCC(N)=O)c(COC)s2)C(C)C)c(C)s1. The highest BCUT2D eigenvalue weighted by molar-refractivity contribution is 7.15. The van der Waals surface area contributed by atoms with Gasteiger partial charge in [0, 0.05) is 58.5 Å². The van der Waals surface area contributed by atoms with Gasteiger partial charge >= 0.3 is 11.9 Å². The number of carbonyl (C=O) groups is 8. The predicted octanol–water partition coefficient (Wildman–Crippen LogP) is 9.93. The summed E-state index contributed by atoms with van der Waals surface area (Å²) in [7, 11) is 2.93. The van der Waals surface area contributed by atoms with E-state index < -0.39 is 71.9 Å². The number of anilines is 2. The maximum atomic E-state index is 14.5. The Morgan fingerprint density at radius 3 is 2.08 bits per heavy atom. The quantitative estimate of drug-likeness (QED) is 0.0265. The van der Waals surface area contributed by atoms with Crippen molar-refractivity contribution in [2.45, 2.75) is 84.4 Å². The molecule has 2 atom stereocenters. The summed E-state index contributed by atoms with van der Waals surface area (Å²) in [4.78, 5) is 141. The maximum absolute atomic E-state index is 14.5. The van der Waals surface area contributed by atoms with E-state index in [0.717, 1.165) is 29.2 Å². The summed E-state index contributed by atoms with van der Waals surface area (Å²) in [5.41, 5.74) is 9.45. The number of pyridine rings is 1. The zero-order valence-corrected chi connectivity index (χ0v) is 55.0. The molecule has 6 amide bonds. The van der Waals surface area contributed by atoms with Crippen LogP contribution in [0.5, 0.6) is 0 Å². The average molecular weight is 1360 g/mol. The molecule has 30 heteroatoms. The third-order valence-electron chi connectivity index (χ3n) is 15.0. The Balaban J connectivity index is 0.941. The van der Waals surface area contributed by atoms with Gasteiger partial charge in [0.25, 0.3) is 17.7 Å². The molecule has 24 nitrogen and oxygen atoms in total. The molecular weight excluding hydrogens is 1300 g/mol. The lowest BCUT2D eigenvalue weighted by Crippen LogP contribution is -2.35. The molecule has 1 aliphatic carbocycles. The van der Waals surface area contributed by atoms with E-state index in [9.17, 15) is 48.6 Å². The highest BCUT2D eigenvalue weighted by Crippen LogP contribution is 2.41. The van der Waals surface area contributed by atoms with Crippen LogP contribution < -0.4 is 31.9 Å². The summed E-state index contributed by atoms with van der Waals surface area (Å²) in [6.07, 6.45) is 2.68. The normalized spacial score (nSPS) is 14.5. The molecule has 8 N–H and O–H groups in total. The second-order valence-corrected chi connectivity index (χ2v) is 27.5. The Bertz CT molecular complexity index is 4210. The zero-order chi connectivity index (χ0) is 65.3. The van der Waals surface area contributed by atoms with Crippen molar-refractivity contribution in [3.8, 4) is 43.4 Å². The van der Waals surface area contributed by atoms with Gasteiger partial charge in [-0.1, -0.05) is 44.2 Å². The van der Waals surface area contributed by atoms with Crippen LogP contribution in [0.1, 0.15) is 130 Å². The number of thiazole rings is 6. The molecule has 0 aliphatic heterocycles. The second kappa shape index (κ2) is 29.6. The van der Waals surface area contributed by atoms with Crippen LogP contribution in [0.15, 0.2) is 88.3 Å². The molecule has 1 unspecified atom stereocenters. The van der Waals surface area contributed by atoms with Crippen molar-refractivity contribution in [3.63, 3.8) is 0 Å². The minimum absolute atomic E-state index is 0.0125. The number of methoxy groups -OCH3 is 1. The molecule has 2 aromatic carbocycles. The summed E-state index contributed by atoms with van der Waals surface area (Å²) in [5.74, 6) is -6.36. The fraction of sp³-hybridized carbons (Fsp3) is 0.306. The smallest absolute Gasteiger partial charge is 0.335 e. The Morgan fingerprint density at radius 2 is 1.38 bits per heavy atom. The fourth-order valence-electron chi connectivity index (χ4n) is 10.1. The zero-order valence-electron chi connectivity index (χ0n) is 50.1. The summed E-state index contributed by atoms with van der Waals surface area (Å²) >= 11 is 7.63. The molecule has 1 fully saturated rings. The molecule has 1 aliphatic rings. The van der Waals surface area contributed by atoms with Crippen molar-refractivity contribution in [1.29, 1.82) is 0 Å². The highest BCUT2D eigenvalue weighted by Gasteiger charge is 2.36. The van der Waals surface area contributed by atoms with E-state index in [4.69, 9.17) is 40.4 Å². The molecule has 7 heterocycles. The van der Waals surface area contributed by atoms with Crippen LogP contribution in [0.4, 0.5) is 11.5 Å². The van der Waals surface area contributed by atoms with E-state index in [-0.39, 0.29) is 58.3 Å². The number of aryl methyl sites for hydroxylation is 3. The Morgan fingerprint density at radius 1 is 0.685 bits per heavy atom. The van der Waals surface area contributed by atoms with Gasteiger partial charge in [-0.05, 0) is 86.9 Å². The molecular formula is C62H61N13O11S6.